The van der Waals surface area contributed by atoms with Gasteiger partial charge in [-0.3, -0.25) is 9.59 Å². The van der Waals surface area contributed by atoms with Gasteiger partial charge in [0, 0.05) is 25.3 Å². The molecule has 2 aromatic rings. The van der Waals surface area contributed by atoms with Gasteiger partial charge >= 0.3 is 0 Å². The fraction of sp³-hybridized carbons (Fsp3) is 0.300. The largest absolute Gasteiger partial charge is 0.345 e. The Labute approximate surface area is 160 Å². The highest BCUT2D eigenvalue weighted by Gasteiger charge is 2.17. The van der Waals surface area contributed by atoms with E-state index in [0.29, 0.717) is 24.1 Å². The molecule has 0 aliphatic heterocycles. The maximum Gasteiger partial charge on any atom is 0.253 e. The van der Waals surface area contributed by atoms with E-state index in [-0.39, 0.29) is 11.7 Å². The number of sulfone groups is 1. The van der Waals surface area contributed by atoms with Crippen LogP contribution in [0.1, 0.15) is 22.3 Å². The number of amides is 2. The minimum atomic E-state index is -3.48. The van der Waals surface area contributed by atoms with Gasteiger partial charge in [-0.05, 0) is 42.7 Å². The van der Waals surface area contributed by atoms with Crippen molar-refractivity contribution in [3.8, 4) is 0 Å². The quantitative estimate of drug-likeness (QED) is 0.753. The molecule has 0 atom stereocenters. The van der Waals surface area contributed by atoms with Gasteiger partial charge in [0.25, 0.3) is 5.91 Å². The third-order valence-corrected chi connectivity index (χ3v) is 5.55. The first kappa shape index (κ1) is 20.6. The van der Waals surface area contributed by atoms with Crippen molar-refractivity contribution in [3.63, 3.8) is 0 Å². The second-order valence-corrected chi connectivity index (χ2v) is 8.69. The highest BCUT2D eigenvalue weighted by Crippen LogP contribution is 2.11. The summed E-state index contributed by atoms with van der Waals surface area (Å²) in [5, 5.41) is 2.56. The van der Waals surface area contributed by atoms with Crippen molar-refractivity contribution in [1.29, 1.82) is 0 Å². The summed E-state index contributed by atoms with van der Waals surface area (Å²) in [6, 6.07) is 16.0. The van der Waals surface area contributed by atoms with Gasteiger partial charge in [-0.25, -0.2) is 8.42 Å². The molecule has 7 heteroatoms. The van der Waals surface area contributed by atoms with Gasteiger partial charge in [-0.15, -0.1) is 0 Å². The lowest BCUT2D eigenvalue weighted by Crippen LogP contribution is -2.25. The predicted molar refractivity (Wildman–Crippen MR) is 107 cm³/mol. The van der Waals surface area contributed by atoms with Crippen molar-refractivity contribution >= 4 is 27.3 Å². The van der Waals surface area contributed by atoms with E-state index in [0.717, 1.165) is 5.56 Å². The van der Waals surface area contributed by atoms with Crippen LogP contribution in [0.4, 0.5) is 5.69 Å². The number of nitrogens with one attached hydrogen (secondary N) is 1. The summed E-state index contributed by atoms with van der Waals surface area (Å²) in [5.41, 5.74) is 2.02. The van der Waals surface area contributed by atoms with Crippen molar-refractivity contribution in [2.45, 2.75) is 12.8 Å². The third kappa shape index (κ3) is 6.86. The highest BCUT2D eigenvalue weighted by molar-refractivity contribution is 7.92. The summed E-state index contributed by atoms with van der Waals surface area (Å²) in [6.07, 6.45) is 1.13. The van der Waals surface area contributed by atoms with E-state index < -0.39 is 21.5 Å². The maximum absolute atomic E-state index is 12.1. The molecule has 144 valence electrons. The van der Waals surface area contributed by atoms with Gasteiger partial charge in [0.15, 0.2) is 9.84 Å². The number of hydrogen-bond acceptors (Lipinski definition) is 4. The zero-order chi connectivity index (χ0) is 19.9. The van der Waals surface area contributed by atoms with Gasteiger partial charge < -0.3 is 10.2 Å². The summed E-state index contributed by atoms with van der Waals surface area (Å²) >= 11 is 0. The normalized spacial score (nSPS) is 11.0. The van der Waals surface area contributed by atoms with Crippen molar-refractivity contribution in [2.24, 2.45) is 0 Å². The summed E-state index contributed by atoms with van der Waals surface area (Å²) in [5.74, 6) is -1.32. The fourth-order valence-electron chi connectivity index (χ4n) is 2.56. The number of carbonyl (C=O) groups is 2. The molecule has 2 rings (SSSR count). The van der Waals surface area contributed by atoms with Crippen LogP contribution < -0.4 is 5.32 Å². The number of aryl methyl sites for hydroxylation is 1. The smallest absolute Gasteiger partial charge is 0.253 e. The standard InChI is InChI=1S/C20H24N2O4S/c1-22(2)20(24)17-10-12-18(13-11-17)21-19(23)15-27(25,26)14-6-9-16-7-4-3-5-8-16/h3-5,7-8,10-13H,6,9,14-15H2,1-2H3,(H,21,23). The van der Waals surface area contributed by atoms with Crippen LogP contribution in [0.5, 0.6) is 0 Å². The number of nitrogens with zero attached hydrogens (tertiary/aromatic N) is 1. The lowest BCUT2D eigenvalue weighted by molar-refractivity contribution is -0.113. The SMILES string of the molecule is CN(C)C(=O)c1ccc(NC(=O)CS(=O)(=O)CCCc2ccccc2)cc1. The van der Waals surface area contributed by atoms with Crippen molar-refractivity contribution in [1.82, 2.24) is 4.90 Å². The summed E-state index contributed by atoms with van der Waals surface area (Å²) in [4.78, 5) is 25.3. The summed E-state index contributed by atoms with van der Waals surface area (Å²) in [6.45, 7) is 0. The number of benzene rings is 2. The molecular weight excluding hydrogens is 364 g/mol. The van der Waals surface area contributed by atoms with E-state index in [1.54, 1.807) is 38.4 Å². The maximum atomic E-state index is 12.1. The average Bonchev–Trinajstić information content (AvgIpc) is 2.62. The first-order valence-electron chi connectivity index (χ1n) is 8.63. The van der Waals surface area contributed by atoms with Gasteiger partial charge in [0.05, 0.1) is 5.75 Å². The van der Waals surface area contributed by atoms with Gasteiger partial charge in [-0.2, -0.15) is 0 Å². The fourth-order valence-corrected chi connectivity index (χ4v) is 3.76. The van der Waals surface area contributed by atoms with Crippen molar-refractivity contribution < 1.29 is 18.0 Å². The van der Waals surface area contributed by atoms with E-state index in [1.165, 1.54) is 4.90 Å². The topological polar surface area (TPSA) is 83.6 Å². The number of rotatable bonds is 8. The molecule has 0 spiro atoms. The van der Waals surface area contributed by atoms with Crippen LogP contribution in [0.25, 0.3) is 0 Å². The van der Waals surface area contributed by atoms with Crippen LogP contribution in [0.2, 0.25) is 0 Å². The van der Waals surface area contributed by atoms with Gasteiger partial charge in [0.1, 0.15) is 5.75 Å². The molecular formula is C20H24N2O4S. The molecule has 0 radical (unpaired) electrons. The molecule has 0 fully saturated rings. The Bertz CT molecular complexity index is 876. The average molecular weight is 388 g/mol. The van der Waals surface area contributed by atoms with E-state index in [2.05, 4.69) is 5.32 Å². The Morgan fingerprint density at radius 2 is 1.59 bits per heavy atom. The van der Waals surface area contributed by atoms with Crippen molar-refractivity contribution in [2.75, 3.05) is 30.9 Å². The minimum absolute atomic E-state index is 0.0361. The molecule has 0 saturated heterocycles. The van der Waals surface area contributed by atoms with E-state index in [9.17, 15) is 18.0 Å². The molecule has 0 aliphatic rings. The monoisotopic (exact) mass is 388 g/mol. The molecule has 2 amide bonds. The Kier molecular flexibility index (Phi) is 7.12. The molecule has 27 heavy (non-hydrogen) atoms. The minimum Gasteiger partial charge on any atom is -0.345 e. The second-order valence-electron chi connectivity index (χ2n) is 6.51. The molecule has 2 aromatic carbocycles. The van der Waals surface area contributed by atoms with Crippen LogP contribution in [0.3, 0.4) is 0 Å². The van der Waals surface area contributed by atoms with Crippen LogP contribution in [-0.2, 0) is 21.1 Å². The third-order valence-electron chi connectivity index (χ3n) is 3.94. The van der Waals surface area contributed by atoms with Crippen molar-refractivity contribution in [3.05, 3.63) is 65.7 Å². The van der Waals surface area contributed by atoms with Crippen LogP contribution in [-0.4, -0.2) is 50.7 Å². The molecule has 6 nitrogen and oxygen atoms in total. The van der Waals surface area contributed by atoms with E-state index in [1.807, 2.05) is 30.3 Å². The first-order chi connectivity index (χ1) is 12.8. The molecule has 0 aromatic heterocycles. The number of carbonyl (C=O) groups excluding carboxylic acids is 2. The molecule has 1 N–H and O–H groups in total. The molecule has 0 aliphatic carbocycles. The number of hydrogen-bond donors (Lipinski definition) is 1. The zero-order valence-electron chi connectivity index (χ0n) is 15.5. The summed E-state index contributed by atoms with van der Waals surface area (Å²) < 4.78 is 24.3. The van der Waals surface area contributed by atoms with E-state index >= 15 is 0 Å². The zero-order valence-corrected chi connectivity index (χ0v) is 16.3. The van der Waals surface area contributed by atoms with Crippen LogP contribution in [0.15, 0.2) is 54.6 Å². The van der Waals surface area contributed by atoms with Crippen LogP contribution in [0, 0.1) is 0 Å². The van der Waals surface area contributed by atoms with E-state index in [4.69, 9.17) is 0 Å². The predicted octanol–water partition coefficient (Wildman–Crippen LogP) is 2.37. The lowest BCUT2D eigenvalue weighted by atomic mass is 10.1. The molecule has 0 unspecified atom stereocenters. The number of anilines is 1. The Hall–Kier alpha value is -2.67. The molecule has 0 heterocycles. The van der Waals surface area contributed by atoms with Crippen LogP contribution >= 0.6 is 0 Å². The molecule has 0 saturated carbocycles. The van der Waals surface area contributed by atoms with Gasteiger partial charge in [0.2, 0.25) is 5.91 Å². The Morgan fingerprint density at radius 1 is 0.963 bits per heavy atom. The van der Waals surface area contributed by atoms with Gasteiger partial charge in [-0.1, -0.05) is 30.3 Å². The summed E-state index contributed by atoms with van der Waals surface area (Å²) in [7, 11) is -0.170. The lowest BCUT2D eigenvalue weighted by Gasteiger charge is -2.11. The first-order valence-corrected chi connectivity index (χ1v) is 10.4. The highest BCUT2D eigenvalue weighted by atomic mass is 32.2. The Morgan fingerprint density at radius 3 is 2.19 bits per heavy atom. The molecule has 0 bridgehead atoms. The second kappa shape index (κ2) is 9.32. The Balaban J connectivity index is 1.84.